The van der Waals surface area contributed by atoms with Crippen molar-refractivity contribution < 1.29 is 47.9 Å². The molecule has 11 nitrogen and oxygen atoms in total. The molecule has 36 heavy (non-hydrogen) atoms. The summed E-state index contributed by atoms with van der Waals surface area (Å²) >= 11 is 0. The normalized spacial score (nSPS) is 11.1. The van der Waals surface area contributed by atoms with E-state index in [0.717, 1.165) is 13.0 Å². The van der Waals surface area contributed by atoms with Crippen LogP contribution in [0.5, 0.6) is 0 Å². The second-order valence-corrected chi connectivity index (χ2v) is 7.94. The standard InChI is InChI=1S/C25H49NO10/c1-2-3-4-5-10-30-12-14-32-16-18-34-20-22-36-23-21-35-19-17-33-15-13-31-11-6-9-26-24(27)7-8-25(28)29/h2-23H2,1H3,(H,26,27)(H,28,29). The topological polar surface area (TPSA) is 131 Å². The van der Waals surface area contributed by atoms with Gasteiger partial charge in [0.25, 0.3) is 0 Å². The van der Waals surface area contributed by atoms with Gasteiger partial charge < -0.3 is 43.6 Å². The molecule has 0 bridgehead atoms. The molecule has 2 N–H and O–H groups in total. The lowest BCUT2D eigenvalue weighted by molar-refractivity contribution is -0.138. The highest BCUT2D eigenvalue weighted by molar-refractivity contribution is 5.80. The minimum Gasteiger partial charge on any atom is -0.481 e. The summed E-state index contributed by atoms with van der Waals surface area (Å²) < 4.78 is 38.1. The predicted octanol–water partition coefficient (Wildman–Crippen LogP) is 2.05. The number of carbonyl (C=O) groups excluding carboxylic acids is 1. The summed E-state index contributed by atoms with van der Waals surface area (Å²) in [5.41, 5.74) is 0. The Kier molecular flexibility index (Phi) is 28.8. The van der Waals surface area contributed by atoms with Crippen LogP contribution in [-0.2, 0) is 42.7 Å². The third kappa shape index (κ3) is 30.7. The molecule has 0 aromatic carbocycles. The Balaban J connectivity index is 3.07. The van der Waals surface area contributed by atoms with Crippen molar-refractivity contribution in [1.82, 2.24) is 5.32 Å². The summed E-state index contributed by atoms with van der Waals surface area (Å²) in [4.78, 5) is 21.7. The van der Waals surface area contributed by atoms with Crippen molar-refractivity contribution >= 4 is 11.9 Å². The fraction of sp³-hybridized carbons (Fsp3) is 0.920. The molecule has 0 saturated carbocycles. The van der Waals surface area contributed by atoms with Gasteiger partial charge in [0.1, 0.15) is 0 Å². The third-order valence-electron chi connectivity index (χ3n) is 4.73. The van der Waals surface area contributed by atoms with Gasteiger partial charge in [0.05, 0.1) is 85.7 Å². The van der Waals surface area contributed by atoms with Gasteiger partial charge in [0, 0.05) is 26.2 Å². The fourth-order valence-electron chi connectivity index (χ4n) is 2.76. The highest BCUT2D eigenvalue weighted by Crippen LogP contribution is 1.98. The number of nitrogens with one attached hydrogen (secondary N) is 1. The molecular weight excluding hydrogens is 474 g/mol. The van der Waals surface area contributed by atoms with Crippen LogP contribution in [0.15, 0.2) is 0 Å². The lowest BCUT2D eigenvalue weighted by Crippen LogP contribution is -2.25. The van der Waals surface area contributed by atoms with Crippen molar-refractivity contribution in [3.8, 4) is 0 Å². The quantitative estimate of drug-likeness (QED) is 0.135. The van der Waals surface area contributed by atoms with E-state index in [1.165, 1.54) is 19.3 Å². The Bertz CT molecular complexity index is 482. The molecule has 0 fully saturated rings. The number of hydrogen-bond acceptors (Lipinski definition) is 9. The van der Waals surface area contributed by atoms with Crippen LogP contribution in [0.2, 0.25) is 0 Å². The Labute approximate surface area is 216 Å². The first kappa shape index (κ1) is 34.7. The largest absolute Gasteiger partial charge is 0.481 e. The maximum absolute atomic E-state index is 11.3. The van der Waals surface area contributed by atoms with Gasteiger partial charge in [0.15, 0.2) is 0 Å². The minimum atomic E-state index is -0.976. The van der Waals surface area contributed by atoms with Crippen LogP contribution in [-0.4, -0.2) is 116 Å². The number of aliphatic carboxylic acids is 1. The maximum atomic E-state index is 11.3. The van der Waals surface area contributed by atoms with E-state index >= 15 is 0 Å². The van der Waals surface area contributed by atoms with E-state index in [1.54, 1.807) is 0 Å². The van der Waals surface area contributed by atoms with Crippen molar-refractivity contribution in [2.24, 2.45) is 0 Å². The fourth-order valence-corrected chi connectivity index (χ4v) is 2.76. The molecule has 0 aliphatic carbocycles. The average Bonchev–Trinajstić information content (AvgIpc) is 2.87. The van der Waals surface area contributed by atoms with Crippen LogP contribution >= 0.6 is 0 Å². The number of carboxylic acid groups (broad SMARTS) is 1. The van der Waals surface area contributed by atoms with E-state index in [0.29, 0.717) is 98.9 Å². The number of amides is 1. The van der Waals surface area contributed by atoms with Gasteiger partial charge in [-0.3, -0.25) is 9.59 Å². The van der Waals surface area contributed by atoms with Crippen molar-refractivity contribution in [3.63, 3.8) is 0 Å². The Hall–Kier alpha value is -1.34. The highest BCUT2D eigenvalue weighted by atomic mass is 16.6. The van der Waals surface area contributed by atoms with Gasteiger partial charge in [-0.25, -0.2) is 0 Å². The maximum Gasteiger partial charge on any atom is 0.303 e. The van der Waals surface area contributed by atoms with Gasteiger partial charge in [0.2, 0.25) is 5.91 Å². The smallest absolute Gasteiger partial charge is 0.303 e. The molecule has 0 radical (unpaired) electrons. The molecule has 11 heteroatoms. The van der Waals surface area contributed by atoms with Gasteiger partial charge in [-0.1, -0.05) is 26.2 Å². The molecule has 0 aliphatic rings. The summed E-state index contributed by atoms with van der Waals surface area (Å²) in [6.45, 7) is 10.3. The SMILES string of the molecule is CCCCCCOCCOCCOCCOCCOCCOCCOCCCNC(=O)CCC(=O)O. The molecule has 0 atom stereocenters. The van der Waals surface area contributed by atoms with Crippen LogP contribution < -0.4 is 5.32 Å². The number of rotatable bonds is 30. The van der Waals surface area contributed by atoms with Gasteiger partial charge >= 0.3 is 5.97 Å². The van der Waals surface area contributed by atoms with Crippen molar-refractivity contribution in [2.75, 3.05) is 99.0 Å². The van der Waals surface area contributed by atoms with Gasteiger partial charge in [-0.2, -0.15) is 0 Å². The van der Waals surface area contributed by atoms with Crippen molar-refractivity contribution in [2.45, 2.75) is 51.9 Å². The Morgan fingerprint density at radius 2 is 0.917 bits per heavy atom. The summed E-state index contributed by atoms with van der Waals surface area (Å²) in [5, 5.41) is 11.2. The molecule has 0 unspecified atom stereocenters. The molecule has 0 heterocycles. The second-order valence-electron chi connectivity index (χ2n) is 7.94. The zero-order valence-electron chi connectivity index (χ0n) is 22.2. The van der Waals surface area contributed by atoms with Crippen LogP contribution in [0.3, 0.4) is 0 Å². The van der Waals surface area contributed by atoms with Gasteiger partial charge in [-0.15, -0.1) is 0 Å². The van der Waals surface area contributed by atoms with Gasteiger partial charge in [-0.05, 0) is 12.8 Å². The lowest BCUT2D eigenvalue weighted by atomic mass is 10.2. The van der Waals surface area contributed by atoms with E-state index in [-0.39, 0.29) is 18.7 Å². The first-order valence-corrected chi connectivity index (χ1v) is 13.2. The van der Waals surface area contributed by atoms with Crippen molar-refractivity contribution in [1.29, 1.82) is 0 Å². The molecular formula is C25H49NO10. The molecule has 0 rings (SSSR count). The average molecular weight is 524 g/mol. The monoisotopic (exact) mass is 523 g/mol. The lowest BCUT2D eigenvalue weighted by Gasteiger charge is -2.08. The number of ether oxygens (including phenoxy) is 7. The summed E-state index contributed by atoms with van der Waals surface area (Å²) in [5.74, 6) is -1.23. The number of carboxylic acids is 1. The number of carbonyl (C=O) groups is 2. The highest BCUT2D eigenvalue weighted by Gasteiger charge is 2.04. The zero-order valence-corrected chi connectivity index (χ0v) is 22.2. The molecule has 0 aromatic heterocycles. The molecule has 0 spiro atoms. The molecule has 214 valence electrons. The second kappa shape index (κ2) is 29.9. The van der Waals surface area contributed by atoms with Crippen molar-refractivity contribution in [3.05, 3.63) is 0 Å². The van der Waals surface area contributed by atoms with E-state index < -0.39 is 5.97 Å². The molecule has 1 amide bonds. The number of hydrogen-bond donors (Lipinski definition) is 2. The first-order valence-electron chi connectivity index (χ1n) is 13.2. The number of unbranched alkanes of at least 4 members (excludes halogenated alkanes) is 3. The summed E-state index contributed by atoms with van der Waals surface area (Å²) in [6.07, 6.45) is 5.38. The Morgan fingerprint density at radius 1 is 0.528 bits per heavy atom. The molecule has 0 aliphatic heterocycles. The Morgan fingerprint density at radius 3 is 1.31 bits per heavy atom. The summed E-state index contributed by atoms with van der Waals surface area (Å²) in [7, 11) is 0. The van der Waals surface area contributed by atoms with E-state index in [1.807, 2.05) is 0 Å². The first-order chi connectivity index (χ1) is 17.7. The predicted molar refractivity (Wildman–Crippen MR) is 134 cm³/mol. The molecule has 0 saturated heterocycles. The van der Waals surface area contributed by atoms with Crippen LogP contribution in [0.1, 0.15) is 51.9 Å². The van der Waals surface area contributed by atoms with Crippen LogP contribution in [0, 0.1) is 0 Å². The zero-order chi connectivity index (χ0) is 26.4. The van der Waals surface area contributed by atoms with E-state index in [2.05, 4.69) is 12.2 Å². The minimum absolute atomic E-state index is 0.00126. The van der Waals surface area contributed by atoms with E-state index in [4.69, 9.17) is 38.3 Å². The third-order valence-corrected chi connectivity index (χ3v) is 4.73. The van der Waals surface area contributed by atoms with Crippen LogP contribution in [0.4, 0.5) is 0 Å². The van der Waals surface area contributed by atoms with E-state index in [9.17, 15) is 9.59 Å². The summed E-state index contributed by atoms with van der Waals surface area (Å²) in [6, 6.07) is 0. The van der Waals surface area contributed by atoms with Crippen LogP contribution in [0.25, 0.3) is 0 Å². The molecule has 0 aromatic rings.